The maximum atomic E-state index is 4.64. The van der Waals surface area contributed by atoms with Crippen LogP contribution in [0.2, 0.25) is 0 Å². The predicted octanol–water partition coefficient (Wildman–Crippen LogP) is 3.51. The van der Waals surface area contributed by atoms with Crippen LogP contribution < -0.4 is 10.6 Å². The molecule has 3 aromatic rings. The molecule has 0 aliphatic rings. The molecule has 0 aliphatic carbocycles. The third-order valence-corrected chi connectivity index (χ3v) is 4.04. The molecule has 6 heteroatoms. The summed E-state index contributed by atoms with van der Waals surface area (Å²) >= 11 is 0. The highest BCUT2D eigenvalue weighted by atomic mass is 15.1. The molecule has 0 radical (unpaired) electrons. The van der Waals surface area contributed by atoms with Crippen LogP contribution >= 0.6 is 0 Å². The van der Waals surface area contributed by atoms with Gasteiger partial charge in [-0.15, -0.1) is 0 Å². The van der Waals surface area contributed by atoms with Crippen molar-refractivity contribution in [3.8, 4) is 11.4 Å². The first kappa shape index (κ1) is 18.8. The van der Waals surface area contributed by atoms with E-state index in [-0.39, 0.29) is 0 Å². The van der Waals surface area contributed by atoms with Crippen molar-refractivity contribution in [3.05, 3.63) is 66.4 Å². The summed E-state index contributed by atoms with van der Waals surface area (Å²) in [5.74, 6) is 1.40. The summed E-state index contributed by atoms with van der Waals surface area (Å²) in [5.41, 5.74) is 2.84. The van der Waals surface area contributed by atoms with Crippen molar-refractivity contribution < 1.29 is 0 Å². The zero-order valence-electron chi connectivity index (χ0n) is 15.9. The zero-order chi connectivity index (χ0) is 18.9. The second kappa shape index (κ2) is 9.64. The van der Waals surface area contributed by atoms with E-state index < -0.39 is 0 Å². The van der Waals surface area contributed by atoms with Crippen molar-refractivity contribution >= 4 is 11.8 Å². The molecule has 0 amide bonds. The number of nitrogens with zero attached hydrogens (tertiary/aromatic N) is 4. The van der Waals surface area contributed by atoms with Gasteiger partial charge in [-0.25, -0.2) is 4.98 Å². The van der Waals surface area contributed by atoms with E-state index in [0.29, 0.717) is 12.5 Å². The van der Waals surface area contributed by atoms with Crippen LogP contribution in [0.15, 0.2) is 60.8 Å². The standard InChI is InChI=1S/C21H26N6/c1-27(2)14-8-13-23-21-25-19(18-11-6-7-12-22-18)15-20(26-21)24-16-17-9-4-3-5-10-17/h3-7,9-12,15H,8,13-14,16H2,1-2H3,(H2,23,24,25,26). The Labute approximate surface area is 160 Å². The number of rotatable bonds is 9. The van der Waals surface area contributed by atoms with E-state index in [1.807, 2.05) is 42.5 Å². The Bertz CT molecular complexity index is 821. The molecule has 0 aliphatic heterocycles. The summed E-state index contributed by atoms with van der Waals surface area (Å²) in [6.45, 7) is 2.55. The summed E-state index contributed by atoms with van der Waals surface area (Å²) in [4.78, 5) is 15.8. The maximum Gasteiger partial charge on any atom is 0.225 e. The molecular weight excluding hydrogens is 336 g/mol. The molecule has 0 unspecified atom stereocenters. The van der Waals surface area contributed by atoms with Crippen LogP contribution in [0, 0.1) is 0 Å². The lowest BCUT2D eigenvalue weighted by Gasteiger charge is -2.12. The highest BCUT2D eigenvalue weighted by Crippen LogP contribution is 2.20. The largest absolute Gasteiger partial charge is 0.366 e. The molecule has 1 aromatic carbocycles. The number of nitrogens with one attached hydrogen (secondary N) is 2. The molecule has 0 saturated heterocycles. The Kier molecular flexibility index (Phi) is 6.71. The van der Waals surface area contributed by atoms with E-state index in [0.717, 1.165) is 36.7 Å². The summed E-state index contributed by atoms with van der Waals surface area (Å²) < 4.78 is 0. The molecule has 140 valence electrons. The third kappa shape index (κ3) is 6.04. The van der Waals surface area contributed by atoms with E-state index in [1.165, 1.54) is 5.56 Å². The lowest BCUT2D eigenvalue weighted by molar-refractivity contribution is 0.405. The molecular formula is C21H26N6. The highest BCUT2D eigenvalue weighted by Gasteiger charge is 2.08. The third-order valence-electron chi connectivity index (χ3n) is 4.04. The van der Waals surface area contributed by atoms with E-state index in [1.54, 1.807) is 6.20 Å². The van der Waals surface area contributed by atoms with Gasteiger partial charge in [0.05, 0.1) is 11.4 Å². The first-order valence-electron chi connectivity index (χ1n) is 9.17. The molecule has 0 spiro atoms. The fourth-order valence-corrected chi connectivity index (χ4v) is 2.65. The molecule has 0 atom stereocenters. The van der Waals surface area contributed by atoms with E-state index in [9.17, 15) is 0 Å². The van der Waals surface area contributed by atoms with Gasteiger partial charge >= 0.3 is 0 Å². The fraction of sp³-hybridized carbons (Fsp3) is 0.286. The van der Waals surface area contributed by atoms with Gasteiger partial charge in [-0.3, -0.25) is 4.98 Å². The molecule has 2 aromatic heterocycles. The van der Waals surface area contributed by atoms with Gasteiger partial charge in [0.2, 0.25) is 5.95 Å². The number of pyridine rings is 1. The van der Waals surface area contributed by atoms with Crippen LogP contribution in [0.3, 0.4) is 0 Å². The minimum atomic E-state index is 0.618. The predicted molar refractivity (Wildman–Crippen MR) is 111 cm³/mol. The Balaban J connectivity index is 1.75. The lowest BCUT2D eigenvalue weighted by atomic mass is 10.2. The quantitative estimate of drug-likeness (QED) is 0.568. The molecule has 27 heavy (non-hydrogen) atoms. The van der Waals surface area contributed by atoms with E-state index in [2.05, 4.69) is 56.7 Å². The van der Waals surface area contributed by atoms with Gasteiger partial charge in [0, 0.05) is 25.4 Å². The van der Waals surface area contributed by atoms with Crippen molar-refractivity contribution in [1.29, 1.82) is 0 Å². The van der Waals surface area contributed by atoms with Gasteiger partial charge in [0.15, 0.2) is 0 Å². The smallest absolute Gasteiger partial charge is 0.225 e. The Morgan fingerprint density at radius 2 is 1.70 bits per heavy atom. The average molecular weight is 362 g/mol. The normalized spacial score (nSPS) is 10.8. The number of aromatic nitrogens is 3. The minimum Gasteiger partial charge on any atom is -0.366 e. The molecule has 0 saturated carbocycles. The topological polar surface area (TPSA) is 66.0 Å². The van der Waals surface area contributed by atoms with Gasteiger partial charge in [0.1, 0.15) is 5.82 Å². The lowest BCUT2D eigenvalue weighted by Crippen LogP contribution is -2.17. The minimum absolute atomic E-state index is 0.618. The van der Waals surface area contributed by atoms with E-state index >= 15 is 0 Å². The summed E-state index contributed by atoms with van der Waals surface area (Å²) in [5, 5.41) is 6.73. The van der Waals surface area contributed by atoms with Crippen LogP contribution in [0.5, 0.6) is 0 Å². The van der Waals surface area contributed by atoms with Crippen molar-refractivity contribution in [2.24, 2.45) is 0 Å². The number of benzene rings is 1. The van der Waals surface area contributed by atoms with Crippen LogP contribution in [-0.2, 0) is 6.54 Å². The van der Waals surface area contributed by atoms with Gasteiger partial charge < -0.3 is 15.5 Å². The maximum absolute atomic E-state index is 4.64. The van der Waals surface area contributed by atoms with Gasteiger partial charge in [-0.05, 0) is 44.8 Å². The first-order chi connectivity index (χ1) is 13.2. The second-order valence-electron chi connectivity index (χ2n) is 6.60. The van der Waals surface area contributed by atoms with Gasteiger partial charge in [-0.2, -0.15) is 4.98 Å². The van der Waals surface area contributed by atoms with Crippen LogP contribution in [0.25, 0.3) is 11.4 Å². The summed E-state index contributed by atoms with van der Waals surface area (Å²) in [6.07, 6.45) is 2.80. The average Bonchev–Trinajstić information content (AvgIpc) is 2.71. The Morgan fingerprint density at radius 3 is 2.44 bits per heavy atom. The second-order valence-corrected chi connectivity index (χ2v) is 6.60. The first-order valence-corrected chi connectivity index (χ1v) is 9.17. The number of anilines is 2. The Hall–Kier alpha value is -2.99. The van der Waals surface area contributed by atoms with Crippen molar-refractivity contribution in [2.45, 2.75) is 13.0 Å². The molecule has 3 rings (SSSR count). The summed E-state index contributed by atoms with van der Waals surface area (Å²) in [6, 6.07) is 18.0. The monoisotopic (exact) mass is 362 g/mol. The van der Waals surface area contributed by atoms with Crippen LogP contribution in [0.4, 0.5) is 11.8 Å². The van der Waals surface area contributed by atoms with E-state index in [4.69, 9.17) is 0 Å². The molecule has 0 fully saturated rings. The zero-order valence-corrected chi connectivity index (χ0v) is 15.9. The molecule has 2 heterocycles. The van der Waals surface area contributed by atoms with Crippen LogP contribution in [0.1, 0.15) is 12.0 Å². The van der Waals surface area contributed by atoms with Crippen molar-refractivity contribution in [1.82, 2.24) is 19.9 Å². The molecule has 2 N–H and O–H groups in total. The summed E-state index contributed by atoms with van der Waals surface area (Å²) in [7, 11) is 4.15. The van der Waals surface area contributed by atoms with Gasteiger partial charge in [0.25, 0.3) is 0 Å². The highest BCUT2D eigenvalue weighted by molar-refractivity contribution is 5.60. The fourth-order valence-electron chi connectivity index (χ4n) is 2.65. The SMILES string of the molecule is CN(C)CCCNc1nc(NCc2ccccc2)cc(-c2ccccn2)n1. The van der Waals surface area contributed by atoms with Crippen LogP contribution in [-0.4, -0.2) is 47.0 Å². The van der Waals surface area contributed by atoms with Crippen molar-refractivity contribution in [3.63, 3.8) is 0 Å². The number of hydrogen-bond donors (Lipinski definition) is 2. The number of hydrogen-bond acceptors (Lipinski definition) is 6. The Morgan fingerprint density at radius 1 is 0.889 bits per heavy atom. The van der Waals surface area contributed by atoms with Crippen molar-refractivity contribution in [2.75, 3.05) is 37.8 Å². The van der Waals surface area contributed by atoms with Gasteiger partial charge in [-0.1, -0.05) is 36.4 Å². The molecule has 0 bridgehead atoms. The molecule has 6 nitrogen and oxygen atoms in total.